The largest absolute Gasteiger partial charge is 0.361 e. The topological polar surface area (TPSA) is 65.2 Å². The van der Waals surface area contributed by atoms with Gasteiger partial charge in [0.15, 0.2) is 1.41 Å². The normalized spacial score (nSPS) is 14.1. The van der Waals surface area contributed by atoms with E-state index in [9.17, 15) is 8.42 Å². The molecule has 2 rings (SSSR count). The van der Waals surface area contributed by atoms with Gasteiger partial charge in [-0.15, -0.1) is 0 Å². The molecule has 2 N–H and O–H groups in total. The molecule has 0 aliphatic carbocycles. The van der Waals surface area contributed by atoms with Crippen LogP contribution in [0.3, 0.4) is 0 Å². The Morgan fingerprint density at radius 1 is 1.45 bits per heavy atom. The Kier molecular flexibility index (Phi) is 3.68. The highest BCUT2D eigenvalue weighted by molar-refractivity contribution is 7.88. The predicted molar refractivity (Wildman–Crippen MR) is 82.2 cm³/mol. The van der Waals surface area contributed by atoms with Crippen LogP contribution in [-0.2, 0) is 22.2 Å². The molecule has 6 heteroatoms. The molecule has 1 aromatic carbocycles. The van der Waals surface area contributed by atoms with Crippen molar-refractivity contribution in [2.45, 2.75) is 12.2 Å². The molecule has 0 bridgehead atoms. The smallest absolute Gasteiger partial charge is 0.215 e. The van der Waals surface area contributed by atoms with Gasteiger partial charge < -0.3 is 9.88 Å². The van der Waals surface area contributed by atoms with Crippen molar-refractivity contribution < 1.29 is 11.2 Å². The van der Waals surface area contributed by atoms with Gasteiger partial charge in [0.05, 0.1) is 5.75 Å². The molecule has 0 aliphatic heterocycles. The zero-order chi connectivity index (χ0) is 16.5. The second-order valence-electron chi connectivity index (χ2n) is 5.10. The van der Waals surface area contributed by atoms with Gasteiger partial charge in [-0.25, -0.2) is 13.1 Å². The SMILES string of the molecule is [2H]N(C)S(=O)(=O)Cc1ccc2c(c1)c(CCN(C)C)cn2[2H]. The van der Waals surface area contributed by atoms with E-state index >= 15 is 0 Å². The Bertz CT molecular complexity index is 770. The molecule has 0 unspecified atom stereocenters. The molecule has 0 amide bonds. The first-order valence-electron chi connectivity index (χ1n) is 7.32. The van der Waals surface area contributed by atoms with Crippen LogP contribution in [0.25, 0.3) is 10.9 Å². The van der Waals surface area contributed by atoms with E-state index in [4.69, 9.17) is 2.82 Å². The van der Waals surface area contributed by atoms with Crippen LogP contribution in [0, 0.1) is 0 Å². The summed E-state index contributed by atoms with van der Waals surface area (Å²) in [5.41, 5.74) is 2.41. The van der Waals surface area contributed by atoms with Crippen LogP contribution in [0.4, 0.5) is 0 Å². The summed E-state index contributed by atoms with van der Waals surface area (Å²) in [5, 5.41) is 0.900. The summed E-state index contributed by atoms with van der Waals surface area (Å²) in [5.74, 6) is -0.209. The Morgan fingerprint density at radius 2 is 2.20 bits per heavy atom. The Morgan fingerprint density at radius 3 is 2.85 bits per heavy atom. The molecule has 0 saturated heterocycles. The number of nitrogens with one attached hydrogen (secondary N) is 2. The van der Waals surface area contributed by atoms with E-state index in [2.05, 4.69) is 4.90 Å². The van der Waals surface area contributed by atoms with Crippen LogP contribution >= 0.6 is 0 Å². The minimum Gasteiger partial charge on any atom is -0.361 e. The summed E-state index contributed by atoms with van der Waals surface area (Å²) in [6.45, 7) is 0.858. The van der Waals surface area contributed by atoms with Gasteiger partial charge in [0.1, 0.15) is 1.41 Å². The third-order valence-electron chi connectivity index (χ3n) is 3.22. The molecule has 2 aromatic rings. The number of hydrogen-bond acceptors (Lipinski definition) is 3. The van der Waals surface area contributed by atoms with Gasteiger partial charge in [-0.1, -0.05) is 6.07 Å². The third-order valence-corrected chi connectivity index (χ3v) is 4.48. The maximum absolute atomic E-state index is 11.8. The van der Waals surface area contributed by atoms with Crippen LogP contribution < -0.4 is 4.72 Å². The predicted octanol–water partition coefficient (Wildman–Crippen LogP) is 1.32. The molecule has 0 atom stereocenters. The second-order valence-corrected chi connectivity index (χ2v) is 6.91. The van der Waals surface area contributed by atoms with E-state index in [1.807, 2.05) is 20.2 Å². The first-order chi connectivity index (χ1) is 10.2. The molecule has 5 nitrogen and oxygen atoms in total. The van der Waals surface area contributed by atoms with E-state index in [1.54, 1.807) is 18.3 Å². The van der Waals surface area contributed by atoms with Crippen molar-refractivity contribution in [2.75, 3.05) is 27.7 Å². The molecule has 1 heterocycles. The maximum atomic E-state index is 11.8. The Labute approximate surface area is 123 Å². The monoisotopic (exact) mass is 297 g/mol. The minimum absolute atomic E-state index is 0.209. The molecule has 1 aromatic heterocycles. The second kappa shape index (κ2) is 5.95. The number of sulfonamides is 1. The van der Waals surface area contributed by atoms with Crippen molar-refractivity contribution in [3.8, 4) is 0 Å². The van der Waals surface area contributed by atoms with Gasteiger partial charge in [0.25, 0.3) is 0 Å². The number of benzene rings is 1. The fourth-order valence-corrected chi connectivity index (χ4v) is 2.81. The van der Waals surface area contributed by atoms with Gasteiger partial charge in [0, 0.05) is 23.6 Å². The first-order valence-corrected chi connectivity index (χ1v) is 8.04. The zero-order valence-electron chi connectivity index (χ0n) is 14.0. The van der Waals surface area contributed by atoms with Gasteiger partial charge >= 0.3 is 0 Å². The molecular formula is C14H21N3O2S. The average molecular weight is 297 g/mol. The number of hydrogen-bond donors (Lipinski definition) is 2. The molecular weight excluding hydrogens is 274 g/mol. The third kappa shape index (κ3) is 3.59. The summed E-state index contributed by atoms with van der Waals surface area (Å²) < 4.78 is 39.3. The van der Waals surface area contributed by atoms with Crippen LogP contribution in [0.5, 0.6) is 0 Å². The lowest BCUT2D eigenvalue weighted by Gasteiger charge is -2.08. The highest BCUT2D eigenvalue weighted by Gasteiger charge is 2.11. The molecule has 0 spiro atoms. The lowest BCUT2D eigenvalue weighted by atomic mass is 10.1. The molecule has 0 aliphatic rings. The number of likely N-dealkylation sites (N-methyl/N-ethyl adjacent to an activating group) is 1. The first kappa shape index (κ1) is 12.4. The minimum atomic E-state index is -3.61. The lowest BCUT2D eigenvalue weighted by Crippen LogP contribution is -2.20. The van der Waals surface area contributed by atoms with Crippen molar-refractivity contribution >= 4 is 20.9 Å². The zero-order valence-corrected chi connectivity index (χ0v) is 12.8. The molecule has 0 fully saturated rings. The summed E-state index contributed by atoms with van der Waals surface area (Å²) in [6, 6.07) is 5.27. The lowest BCUT2D eigenvalue weighted by molar-refractivity contribution is 0.414. The van der Waals surface area contributed by atoms with Gasteiger partial charge in [-0.05, 0) is 50.8 Å². The van der Waals surface area contributed by atoms with Crippen molar-refractivity contribution in [1.29, 1.82) is 0 Å². The van der Waals surface area contributed by atoms with Crippen molar-refractivity contribution in [1.82, 2.24) is 14.6 Å². The van der Waals surface area contributed by atoms with E-state index in [-0.39, 0.29) is 5.75 Å². The quantitative estimate of drug-likeness (QED) is 0.845. The van der Waals surface area contributed by atoms with Crippen LogP contribution in [0.1, 0.15) is 11.1 Å². The fourth-order valence-electron chi connectivity index (χ4n) is 2.08. The summed E-state index contributed by atoms with van der Waals surface area (Å²) in [6.07, 6.45) is 2.56. The number of nitrogens with zero attached hydrogens (tertiary/aromatic N) is 1. The molecule has 110 valence electrons. The average Bonchev–Trinajstić information content (AvgIpc) is 2.72. The molecule has 20 heavy (non-hydrogen) atoms. The van der Waals surface area contributed by atoms with Crippen molar-refractivity contribution in [3.63, 3.8) is 0 Å². The number of aromatic amines is 1. The highest BCUT2D eigenvalue weighted by Crippen LogP contribution is 2.21. The summed E-state index contributed by atoms with van der Waals surface area (Å²) in [7, 11) is 1.57. The van der Waals surface area contributed by atoms with Crippen molar-refractivity contribution in [2.24, 2.45) is 0 Å². The maximum Gasteiger partial charge on any atom is 0.215 e. The number of H-pyrrole nitrogens is 1. The molecule has 0 radical (unpaired) electrons. The van der Waals surface area contributed by atoms with Crippen LogP contribution in [0.2, 0.25) is 2.82 Å². The van der Waals surface area contributed by atoms with E-state index in [0.29, 0.717) is 10.3 Å². The summed E-state index contributed by atoms with van der Waals surface area (Å²) in [4.78, 5) is 3.38. The number of fused-ring (bicyclic) bond motifs is 1. The van der Waals surface area contributed by atoms with Crippen LogP contribution in [0.15, 0.2) is 24.4 Å². The number of rotatable bonds is 6. The number of aromatic nitrogens is 1. The molecule has 0 saturated carbocycles. The Balaban J connectivity index is 2.38. The van der Waals surface area contributed by atoms with Crippen LogP contribution in [-0.4, -0.2) is 46.0 Å². The van der Waals surface area contributed by atoms with Gasteiger partial charge in [0.2, 0.25) is 10.0 Å². The van der Waals surface area contributed by atoms with E-state index in [1.165, 1.54) is 12.0 Å². The van der Waals surface area contributed by atoms with Gasteiger partial charge in [-0.2, -0.15) is 0 Å². The van der Waals surface area contributed by atoms with E-state index < -0.39 is 10.0 Å². The fraction of sp³-hybridized carbons (Fsp3) is 0.429. The Hall–Kier alpha value is -1.37. The van der Waals surface area contributed by atoms with E-state index in [0.717, 1.165) is 29.4 Å². The summed E-state index contributed by atoms with van der Waals surface area (Å²) >= 11 is 0. The van der Waals surface area contributed by atoms with Gasteiger partial charge in [-0.3, -0.25) is 0 Å². The van der Waals surface area contributed by atoms with Crippen molar-refractivity contribution in [3.05, 3.63) is 35.5 Å². The standard InChI is InChI=1S/C14H21N3O2S/c1-15-20(18,19)10-11-4-5-14-13(8-11)12(9-16-14)6-7-17(2)3/h4-5,8-9,15-16H,6-7,10H2,1-3H3/i/hD2. The highest BCUT2D eigenvalue weighted by atomic mass is 32.2.